The Bertz CT molecular complexity index is 8770. The lowest BCUT2D eigenvalue weighted by Crippen LogP contribution is -2.75. The second-order valence-electron chi connectivity index (χ2n) is 35.6. The molecule has 0 fully saturated rings. The van der Waals surface area contributed by atoms with Crippen molar-refractivity contribution in [2.24, 2.45) is 0 Å². The van der Waals surface area contributed by atoms with Crippen molar-refractivity contribution in [1.82, 2.24) is 13.7 Å². The maximum atomic E-state index is 11.1. The topological polar surface area (TPSA) is 79.8 Å². The molecular weight excluding hydrogens is 1800 g/mol. The number of hydrogen-bond donors (Lipinski definition) is 0. The summed E-state index contributed by atoms with van der Waals surface area (Å²) in [6.45, 7) is 33.4. The minimum atomic E-state index is -3.00. The Morgan fingerprint density at radius 1 is 0.201 bits per heavy atom. The monoisotopic (exact) mass is 1880 g/mol. The minimum absolute atomic E-state index is 0.446. The zero-order valence-corrected chi connectivity index (χ0v) is 81.3. The second-order valence-corrected chi connectivity index (χ2v) is 47.0. The van der Waals surface area contributed by atoms with Crippen LogP contribution >= 0.6 is 0 Å². The molecule has 24 aromatic rings. The van der Waals surface area contributed by atoms with Gasteiger partial charge in [0.2, 0.25) is 5.69 Å². The largest absolute Gasteiger partial charge is 0.318 e. The van der Waals surface area contributed by atoms with Crippen LogP contribution in [0.5, 0.6) is 0 Å². The van der Waals surface area contributed by atoms with Crippen LogP contribution in [-0.4, -0.2) is 37.9 Å². The zero-order valence-electron chi connectivity index (χ0n) is 78.3. The maximum absolute atomic E-state index is 11.1. The summed E-state index contributed by atoms with van der Waals surface area (Å²) in [6.07, 6.45) is 0. The second kappa shape index (κ2) is 39.2. The van der Waals surface area contributed by atoms with Crippen LogP contribution in [0.2, 0.25) is 0 Å². The third kappa shape index (κ3) is 15.4. The predicted octanol–water partition coefficient (Wildman–Crippen LogP) is 25.4. The van der Waals surface area contributed by atoms with Crippen LogP contribution in [0.25, 0.3) is 135 Å². The van der Waals surface area contributed by atoms with Gasteiger partial charge >= 0.3 is 0 Å². The summed E-state index contributed by atoms with van der Waals surface area (Å²) >= 11 is 0. The van der Waals surface area contributed by atoms with Gasteiger partial charge < -0.3 is 13.7 Å². The van der Waals surface area contributed by atoms with Crippen molar-refractivity contribution in [2.75, 3.05) is 0 Å². The first kappa shape index (κ1) is 89.8. The predicted molar refractivity (Wildman–Crippen MR) is 604 cm³/mol. The Balaban J connectivity index is 0.000000123. The molecular formula is C132H87N9Si3. The number of fused-ring (bicyclic) bond motifs is 9. The SMILES string of the molecule is [C-]#[N+]c1cc(-c2ccc([Si](c3ccccc3)(c3ccccc3)c3ccccc3)cc2)cc(C#N)c1-n1c2ccccc2c2ccccc21.[C-]#[N+]c1cc(-n2c3ccccc3c3ccccc32)ccc1-c1c([N+]#[C-])cccc1[Si](c1ccccc1)(c1ccccc1)c1ccccc1.[C-]#[N+]c1cc(-n2c3ccccc3c3ccccc32)ccc1-c1cccc([Si](c2ccccc2)(c2ccccc2)c2ccccc2)c1C#N. The van der Waals surface area contributed by atoms with Gasteiger partial charge in [0.15, 0.2) is 41.3 Å². The van der Waals surface area contributed by atoms with Crippen molar-refractivity contribution in [2.45, 2.75) is 0 Å². The number of nitrogens with zero attached hydrogens (tertiary/aromatic N) is 9. The Labute approximate surface area is 839 Å². The fourth-order valence-corrected chi connectivity index (χ4v) is 36.8. The van der Waals surface area contributed by atoms with E-state index in [1.54, 1.807) is 0 Å². The highest BCUT2D eigenvalue weighted by atomic mass is 28.3. The fraction of sp³-hybridized carbons (Fsp3) is 0. The van der Waals surface area contributed by atoms with E-state index in [2.05, 4.69) is 482 Å². The molecule has 144 heavy (non-hydrogen) atoms. The van der Waals surface area contributed by atoms with Gasteiger partial charge in [-0.3, -0.25) is 0 Å². The molecule has 0 saturated carbocycles. The molecule has 0 aliphatic heterocycles. The molecule has 0 unspecified atom stereocenters. The first-order valence-corrected chi connectivity index (χ1v) is 53.8. The van der Waals surface area contributed by atoms with E-state index in [1.165, 1.54) is 73.4 Å². The number of aromatic nitrogens is 3. The van der Waals surface area contributed by atoms with Gasteiger partial charge in [-0.25, -0.2) is 19.4 Å². The average molecular weight is 1880 g/mol. The van der Waals surface area contributed by atoms with Gasteiger partial charge in [-0.15, -0.1) is 0 Å². The molecule has 672 valence electrons. The van der Waals surface area contributed by atoms with Gasteiger partial charge in [0, 0.05) is 43.7 Å². The average Bonchev–Trinajstić information content (AvgIpc) is 0.927. The molecule has 0 N–H and O–H groups in total. The lowest BCUT2D eigenvalue weighted by molar-refractivity contribution is 1.17. The molecule has 0 amide bonds. The molecule has 24 rings (SSSR count). The normalized spacial score (nSPS) is 11.3. The summed E-state index contributed by atoms with van der Waals surface area (Å²) in [7, 11) is -8.64. The summed E-state index contributed by atoms with van der Waals surface area (Å²) < 4.78 is 6.54. The van der Waals surface area contributed by atoms with Crippen LogP contribution in [0.15, 0.2) is 528 Å². The maximum Gasteiger partial charge on any atom is 0.212 e. The quantitative estimate of drug-likeness (QED) is 0.0487. The molecule has 0 radical (unpaired) electrons. The molecule has 0 bridgehead atoms. The molecule has 0 atom stereocenters. The van der Waals surface area contributed by atoms with Crippen molar-refractivity contribution in [3.8, 4) is 62.6 Å². The lowest BCUT2D eigenvalue weighted by Gasteiger charge is -2.36. The Morgan fingerprint density at radius 2 is 0.486 bits per heavy atom. The van der Waals surface area contributed by atoms with Gasteiger partial charge in [0.25, 0.3) is 0 Å². The molecule has 0 spiro atoms. The Kier molecular flexibility index (Phi) is 24.5. The van der Waals surface area contributed by atoms with E-state index in [-0.39, 0.29) is 0 Å². The molecule has 3 heterocycles. The van der Waals surface area contributed by atoms with Crippen LogP contribution in [0.4, 0.5) is 22.7 Å². The van der Waals surface area contributed by atoms with Gasteiger partial charge in [-0.2, -0.15) is 10.5 Å². The molecule has 12 heteroatoms. The summed E-state index contributed by atoms with van der Waals surface area (Å²) in [5.41, 5.74) is 16.8. The first-order chi connectivity index (χ1) is 71.2. The highest BCUT2D eigenvalue weighted by molar-refractivity contribution is 7.21. The van der Waals surface area contributed by atoms with Gasteiger partial charge in [0.05, 0.1) is 88.3 Å². The molecule has 0 aliphatic rings. The standard InChI is InChI=1S/3C44H29N3Si/c1-45-39-25-16-28-43(48(33-17-6-3-7-18-33,34-19-8-4-9-20-34)35-21-10-5-11-22-35)44(39)38-30-29-32(31-40(38)46-2)47-41-26-14-12-23-36(41)37-24-13-15-27-42(37)47;1-46-41-30-32(47-42-25-13-11-22-38(42)39-23-12-14-26-43(39)47)28-29-37(41)36-24-15-27-44(40(36)31-45)48(33-16-5-2-6-17-33,34-18-7-3-8-19-34)35-20-9-4-10-21-35;1-46-41-30-33(29-34(31-45)44(41)47-42-23-13-11-21-39(42)40-22-12-14-24-43(40)47)32-25-27-38(28-26-32)48(35-15-5-2-6-16-35,36-17-7-3-8-18-36)37-19-9-4-10-20-37/h3-31H;2*2-30H. The first-order valence-electron chi connectivity index (χ1n) is 47.8. The zero-order chi connectivity index (χ0) is 97.5. The summed E-state index contributed by atoms with van der Waals surface area (Å²) in [4.78, 5) is 16.3. The smallest absolute Gasteiger partial charge is 0.212 e. The number of hydrogen-bond acceptors (Lipinski definition) is 2. The molecule has 21 aromatic carbocycles. The van der Waals surface area contributed by atoms with Gasteiger partial charge in [-0.1, -0.05) is 455 Å². The molecule has 0 saturated heterocycles. The third-order valence-electron chi connectivity index (χ3n) is 28.2. The lowest BCUT2D eigenvalue weighted by atomic mass is 9.98. The van der Waals surface area contributed by atoms with E-state index in [4.69, 9.17) is 26.3 Å². The van der Waals surface area contributed by atoms with Crippen molar-refractivity contribution in [3.05, 3.63) is 585 Å². The van der Waals surface area contributed by atoms with E-state index in [0.717, 1.165) is 99.0 Å². The van der Waals surface area contributed by atoms with Crippen LogP contribution in [0, 0.1) is 49.0 Å². The number of nitriles is 2. The van der Waals surface area contributed by atoms with Crippen molar-refractivity contribution in [3.63, 3.8) is 0 Å². The number of rotatable bonds is 18. The summed E-state index contributed by atoms with van der Waals surface area (Å²) in [5, 5.41) is 43.0. The Morgan fingerprint density at radius 3 is 0.819 bits per heavy atom. The van der Waals surface area contributed by atoms with Crippen molar-refractivity contribution in [1.29, 1.82) is 10.5 Å². The molecule has 0 aliphatic carbocycles. The van der Waals surface area contributed by atoms with E-state index in [1.807, 2.05) is 91.0 Å². The van der Waals surface area contributed by atoms with Crippen LogP contribution in [-0.2, 0) is 0 Å². The molecule has 3 aromatic heterocycles. The molecule has 9 nitrogen and oxygen atoms in total. The van der Waals surface area contributed by atoms with Crippen LogP contribution in [0.3, 0.4) is 0 Å². The van der Waals surface area contributed by atoms with E-state index in [0.29, 0.717) is 39.6 Å². The minimum Gasteiger partial charge on any atom is -0.318 e. The van der Waals surface area contributed by atoms with Gasteiger partial charge in [-0.05, 0) is 168 Å². The van der Waals surface area contributed by atoms with E-state index >= 15 is 0 Å². The van der Waals surface area contributed by atoms with E-state index in [9.17, 15) is 10.5 Å². The van der Waals surface area contributed by atoms with Crippen molar-refractivity contribution < 1.29 is 0 Å². The number of para-hydroxylation sites is 6. The summed E-state index contributed by atoms with van der Waals surface area (Å²) in [6, 6.07) is 189. The fourth-order valence-electron chi connectivity index (χ4n) is 22.2. The third-order valence-corrected chi connectivity index (χ3v) is 42.7. The Hall–Kier alpha value is -19.4. The van der Waals surface area contributed by atoms with Crippen molar-refractivity contribution >= 4 is 175 Å². The van der Waals surface area contributed by atoms with Crippen LogP contribution < -0.4 is 62.2 Å². The van der Waals surface area contributed by atoms with Gasteiger partial charge in [0.1, 0.15) is 0 Å². The highest BCUT2D eigenvalue weighted by Gasteiger charge is 2.47. The van der Waals surface area contributed by atoms with E-state index < -0.39 is 24.2 Å². The number of benzene rings is 21. The van der Waals surface area contributed by atoms with Crippen LogP contribution in [0.1, 0.15) is 11.1 Å². The highest BCUT2D eigenvalue weighted by Crippen LogP contribution is 2.45. The summed E-state index contributed by atoms with van der Waals surface area (Å²) in [5.74, 6) is 0.